The molecule has 5 nitrogen and oxygen atoms in total. The summed E-state index contributed by atoms with van der Waals surface area (Å²) in [4.78, 5) is 16.1. The summed E-state index contributed by atoms with van der Waals surface area (Å²) in [5, 5.41) is 2.73. The average molecular weight is 252 g/mol. The van der Waals surface area contributed by atoms with E-state index in [0.717, 1.165) is 6.42 Å². The number of hydrogen-bond acceptors (Lipinski definition) is 4. The fourth-order valence-electron chi connectivity index (χ4n) is 1.95. The van der Waals surface area contributed by atoms with Gasteiger partial charge in [0.15, 0.2) is 0 Å². The Kier molecular flexibility index (Phi) is 3.32. The van der Waals surface area contributed by atoms with Crippen molar-refractivity contribution in [3.05, 3.63) is 12.2 Å². The molecule has 0 aromatic rings. The number of ether oxygens (including phenoxy) is 2. The Morgan fingerprint density at radius 3 is 2.94 bits per heavy atom. The molecule has 1 heterocycles. The van der Waals surface area contributed by atoms with Crippen LogP contribution in [0.3, 0.4) is 0 Å². The molecule has 2 rings (SSSR count). The third-order valence-corrected chi connectivity index (χ3v) is 2.74. The van der Waals surface area contributed by atoms with Crippen molar-refractivity contribution in [2.45, 2.75) is 57.9 Å². The first-order valence-corrected chi connectivity index (χ1v) is 6.26. The fraction of sp³-hybridized carbons (Fsp3) is 0.692. The van der Waals surface area contributed by atoms with E-state index in [2.05, 4.69) is 16.4 Å². The maximum atomic E-state index is 11.6. The molecule has 0 saturated heterocycles. The van der Waals surface area contributed by atoms with Crippen molar-refractivity contribution in [2.75, 3.05) is 0 Å². The number of rotatable bonds is 2. The van der Waals surface area contributed by atoms with E-state index < -0.39 is 11.7 Å². The van der Waals surface area contributed by atoms with Gasteiger partial charge in [-0.3, -0.25) is 0 Å². The lowest BCUT2D eigenvalue weighted by molar-refractivity contribution is 0.0516. The SMILES string of the molecule is CC(NC(=O)OC(C)(C)C)C1=NC2CC=CC2O1. The Morgan fingerprint density at radius 1 is 1.61 bits per heavy atom. The van der Waals surface area contributed by atoms with Crippen LogP contribution in [-0.4, -0.2) is 35.8 Å². The molecule has 0 saturated carbocycles. The van der Waals surface area contributed by atoms with Gasteiger partial charge in [-0.05, 0) is 40.2 Å². The molecule has 0 fully saturated rings. The van der Waals surface area contributed by atoms with E-state index >= 15 is 0 Å². The highest BCUT2D eigenvalue weighted by molar-refractivity contribution is 5.87. The summed E-state index contributed by atoms with van der Waals surface area (Å²) in [7, 11) is 0. The third-order valence-electron chi connectivity index (χ3n) is 2.74. The monoisotopic (exact) mass is 252 g/mol. The van der Waals surface area contributed by atoms with Gasteiger partial charge in [0.2, 0.25) is 5.90 Å². The van der Waals surface area contributed by atoms with Crippen LogP contribution in [0, 0.1) is 0 Å². The van der Waals surface area contributed by atoms with Gasteiger partial charge in [0.1, 0.15) is 17.7 Å². The molecule has 0 aromatic carbocycles. The smallest absolute Gasteiger partial charge is 0.408 e. The van der Waals surface area contributed by atoms with Crippen LogP contribution in [0.25, 0.3) is 0 Å². The van der Waals surface area contributed by atoms with Crippen molar-refractivity contribution in [3.8, 4) is 0 Å². The minimum atomic E-state index is -0.499. The van der Waals surface area contributed by atoms with Crippen LogP contribution >= 0.6 is 0 Å². The maximum absolute atomic E-state index is 11.6. The molecule has 3 unspecified atom stereocenters. The molecule has 1 amide bonds. The van der Waals surface area contributed by atoms with E-state index in [1.807, 2.05) is 33.8 Å². The summed E-state index contributed by atoms with van der Waals surface area (Å²) in [5.41, 5.74) is -0.499. The van der Waals surface area contributed by atoms with Crippen LogP contribution < -0.4 is 5.32 Å². The van der Waals surface area contributed by atoms with Crippen molar-refractivity contribution in [3.63, 3.8) is 0 Å². The van der Waals surface area contributed by atoms with Gasteiger partial charge >= 0.3 is 6.09 Å². The Balaban J connectivity index is 1.86. The van der Waals surface area contributed by atoms with E-state index in [4.69, 9.17) is 9.47 Å². The standard InChI is InChI=1S/C13H20N2O3/c1-8(14-12(16)18-13(2,3)4)11-15-9-6-5-7-10(9)17-11/h5,7-10H,6H2,1-4H3,(H,14,16). The Morgan fingerprint density at radius 2 is 2.33 bits per heavy atom. The van der Waals surface area contributed by atoms with Gasteiger partial charge in [-0.15, -0.1) is 0 Å². The number of nitrogens with one attached hydrogen (secondary N) is 1. The number of carbonyl (C=O) groups is 1. The molecular formula is C13H20N2O3. The predicted molar refractivity (Wildman–Crippen MR) is 68.7 cm³/mol. The predicted octanol–water partition coefficient (Wildman–Crippen LogP) is 2.03. The van der Waals surface area contributed by atoms with E-state index in [1.54, 1.807) is 0 Å². The summed E-state index contributed by atoms with van der Waals surface area (Å²) in [5.74, 6) is 0.584. The Hall–Kier alpha value is -1.52. The van der Waals surface area contributed by atoms with Gasteiger partial charge in [-0.1, -0.05) is 6.08 Å². The zero-order valence-corrected chi connectivity index (χ0v) is 11.3. The van der Waals surface area contributed by atoms with Crippen molar-refractivity contribution in [2.24, 2.45) is 4.99 Å². The van der Waals surface area contributed by atoms with Crippen molar-refractivity contribution < 1.29 is 14.3 Å². The molecule has 3 atom stereocenters. The molecule has 18 heavy (non-hydrogen) atoms. The van der Waals surface area contributed by atoms with Gasteiger partial charge in [0.25, 0.3) is 0 Å². The van der Waals surface area contributed by atoms with Crippen molar-refractivity contribution in [1.29, 1.82) is 0 Å². The molecule has 5 heteroatoms. The first-order chi connectivity index (χ1) is 8.35. The van der Waals surface area contributed by atoms with Crippen LogP contribution in [-0.2, 0) is 9.47 Å². The number of amides is 1. The number of aliphatic imine (C=N–C) groups is 1. The van der Waals surface area contributed by atoms with Crippen molar-refractivity contribution in [1.82, 2.24) is 5.32 Å². The molecule has 1 N–H and O–H groups in total. The summed E-state index contributed by atoms with van der Waals surface area (Å²) < 4.78 is 10.9. The highest BCUT2D eigenvalue weighted by Crippen LogP contribution is 2.24. The quantitative estimate of drug-likeness (QED) is 0.765. The second-order valence-electron chi connectivity index (χ2n) is 5.65. The normalized spacial score (nSPS) is 27.2. The van der Waals surface area contributed by atoms with Crippen molar-refractivity contribution >= 4 is 12.0 Å². The molecule has 0 aromatic heterocycles. The van der Waals surface area contributed by atoms with Crippen LogP contribution in [0.1, 0.15) is 34.1 Å². The van der Waals surface area contributed by atoms with Gasteiger partial charge in [-0.2, -0.15) is 0 Å². The number of carbonyl (C=O) groups excluding carboxylic acids is 1. The fourth-order valence-corrected chi connectivity index (χ4v) is 1.95. The van der Waals surface area contributed by atoms with Crippen LogP contribution in [0.5, 0.6) is 0 Å². The summed E-state index contributed by atoms with van der Waals surface area (Å²) >= 11 is 0. The molecule has 1 aliphatic carbocycles. The van der Waals surface area contributed by atoms with Crippen LogP contribution in [0.2, 0.25) is 0 Å². The second kappa shape index (κ2) is 4.63. The summed E-state index contributed by atoms with van der Waals surface area (Å²) in [6.45, 7) is 7.33. The molecule has 0 spiro atoms. The highest BCUT2D eigenvalue weighted by atomic mass is 16.6. The topological polar surface area (TPSA) is 59.9 Å². The number of hydrogen-bond donors (Lipinski definition) is 1. The average Bonchev–Trinajstić information content (AvgIpc) is 2.71. The molecule has 0 radical (unpaired) electrons. The Bertz CT molecular complexity index is 396. The molecular weight excluding hydrogens is 232 g/mol. The van der Waals surface area contributed by atoms with Crippen LogP contribution in [0.15, 0.2) is 17.1 Å². The van der Waals surface area contributed by atoms with Gasteiger partial charge in [-0.25, -0.2) is 9.79 Å². The number of fused-ring (bicyclic) bond motifs is 1. The molecule has 2 aliphatic rings. The summed E-state index contributed by atoms with van der Waals surface area (Å²) in [6, 6.07) is -0.0817. The maximum Gasteiger partial charge on any atom is 0.408 e. The summed E-state index contributed by atoms with van der Waals surface area (Å²) in [6.07, 6.45) is 4.59. The lowest BCUT2D eigenvalue weighted by atomic mass is 10.2. The minimum Gasteiger partial charge on any atom is -0.470 e. The zero-order chi connectivity index (χ0) is 13.3. The highest BCUT2D eigenvalue weighted by Gasteiger charge is 2.34. The van der Waals surface area contributed by atoms with Gasteiger partial charge in [0.05, 0.1) is 6.04 Å². The largest absolute Gasteiger partial charge is 0.470 e. The lowest BCUT2D eigenvalue weighted by Crippen LogP contribution is -2.42. The molecule has 1 aliphatic heterocycles. The number of nitrogens with zero attached hydrogens (tertiary/aromatic N) is 1. The van der Waals surface area contributed by atoms with E-state index in [9.17, 15) is 4.79 Å². The second-order valence-corrected chi connectivity index (χ2v) is 5.65. The van der Waals surface area contributed by atoms with E-state index in [0.29, 0.717) is 5.90 Å². The van der Waals surface area contributed by atoms with Gasteiger partial charge in [0, 0.05) is 0 Å². The van der Waals surface area contributed by atoms with Gasteiger partial charge < -0.3 is 14.8 Å². The number of alkyl carbamates (subject to hydrolysis) is 1. The lowest BCUT2D eigenvalue weighted by Gasteiger charge is -2.22. The molecule has 100 valence electrons. The molecule has 0 bridgehead atoms. The Labute approximate surface area is 107 Å². The van der Waals surface area contributed by atoms with E-state index in [1.165, 1.54) is 0 Å². The first-order valence-electron chi connectivity index (χ1n) is 6.26. The van der Waals surface area contributed by atoms with Crippen LogP contribution in [0.4, 0.5) is 4.79 Å². The zero-order valence-electron chi connectivity index (χ0n) is 11.3. The third kappa shape index (κ3) is 3.03. The minimum absolute atomic E-state index is 0.0443. The van der Waals surface area contributed by atoms with E-state index in [-0.39, 0.29) is 18.2 Å². The first kappa shape index (κ1) is 12.9.